The van der Waals surface area contributed by atoms with Crippen molar-refractivity contribution in [2.45, 2.75) is 33.6 Å². The minimum absolute atomic E-state index is 0.253. The molecule has 1 aromatic carbocycles. The molecule has 0 saturated heterocycles. The fraction of sp³-hybridized carbons (Fsp3) is 0.333. The van der Waals surface area contributed by atoms with Crippen molar-refractivity contribution in [2.75, 3.05) is 5.32 Å². The van der Waals surface area contributed by atoms with E-state index in [1.165, 1.54) is 12.1 Å². The van der Waals surface area contributed by atoms with E-state index in [1.807, 2.05) is 13.8 Å². The van der Waals surface area contributed by atoms with Crippen LogP contribution in [0.15, 0.2) is 18.2 Å². The number of hydrogen-bond donors (Lipinski definition) is 1. The third-order valence-corrected chi connectivity index (χ3v) is 3.42. The first-order valence-electron chi connectivity index (χ1n) is 6.57. The Bertz CT molecular complexity index is 629. The second kappa shape index (κ2) is 6.18. The molecule has 0 bridgehead atoms. The Morgan fingerprint density at radius 1 is 1.25 bits per heavy atom. The summed E-state index contributed by atoms with van der Waals surface area (Å²) in [5.41, 5.74) is 2.41. The molecular formula is C15H17ClFN3. The number of hydrogen-bond acceptors (Lipinski definition) is 3. The molecule has 2 aromatic rings. The topological polar surface area (TPSA) is 37.8 Å². The average Bonchev–Trinajstić information content (AvgIpc) is 2.39. The van der Waals surface area contributed by atoms with Crippen molar-refractivity contribution < 1.29 is 4.39 Å². The van der Waals surface area contributed by atoms with Gasteiger partial charge < -0.3 is 5.32 Å². The van der Waals surface area contributed by atoms with Crippen molar-refractivity contribution in [1.82, 2.24) is 9.97 Å². The first-order chi connectivity index (χ1) is 9.51. The second-order valence-corrected chi connectivity index (χ2v) is 5.10. The standard InChI is InChI=1S/C15H17ClFN3/c1-4-5-13-19-14(16)10(3)15(20-13)18-12-7-6-11(17)8-9(12)2/h6-8H,4-5H2,1-3H3,(H,18,19,20). The highest BCUT2D eigenvalue weighted by molar-refractivity contribution is 6.30. The smallest absolute Gasteiger partial charge is 0.138 e. The van der Waals surface area contributed by atoms with Crippen LogP contribution in [0.1, 0.15) is 30.3 Å². The van der Waals surface area contributed by atoms with Crippen LogP contribution < -0.4 is 5.32 Å². The van der Waals surface area contributed by atoms with Crippen LogP contribution in [-0.2, 0) is 6.42 Å². The van der Waals surface area contributed by atoms with Crippen LogP contribution in [0.25, 0.3) is 0 Å². The molecule has 0 fully saturated rings. The van der Waals surface area contributed by atoms with E-state index in [4.69, 9.17) is 11.6 Å². The van der Waals surface area contributed by atoms with Gasteiger partial charge in [0, 0.05) is 17.7 Å². The number of benzene rings is 1. The summed E-state index contributed by atoms with van der Waals surface area (Å²) in [6, 6.07) is 4.59. The lowest BCUT2D eigenvalue weighted by Gasteiger charge is -2.13. The van der Waals surface area contributed by atoms with Gasteiger partial charge in [-0.05, 0) is 44.0 Å². The summed E-state index contributed by atoms with van der Waals surface area (Å²) >= 11 is 6.13. The normalized spacial score (nSPS) is 10.7. The first kappa shape index (κ1) is 14.7. The van der Waals surface area contributed by atoms with Gasteiger partial charge in [0.05, 0.1) is 0 Å². The molecule has 0 aliphatic heterocycles. The molecule has 5 heteroatoms. The predicted octanol–water partition coefficient (Wildman–Crippen LogP) is 4.58. The fourth-order valence-corrected chi connectivity index (χ4v) is 2.07. The third kappa shape index (κ3) is 3.25. The Kier molecular flexibility index (Phi) is 4.55. The van der Waals surface area contributed by atoms with Gasteiger partial charge in [0.1, 0.15) is 22.6 Å². The molecule has 0 saturated carbocycles. The number of aromatic nitrogens is 2. The summed E-state index contributed by atoms with van der Waals surface area (Å²) in [4.78, 5) is 8.74. The molecule has 0 atom stereocenters. The third-order valence-electron chi connectivity index (χ3n) is 3.05. The van der Waals surface area contributed by atoms with Gasteiger partial charge in [0.25, 0.3) is 0 Å². The van der Waals surface area contributed by atoms with Crippen molar-refractivity contribution >= 4 is 23.1 Å². The van der Waals surface area contributed by atoms with Crippen molar-refractivity contribution in [2.24, 2.45) is 0 Å². The van der Waals surface area contributed by atoms with Gasteiger partial charge >= 0.3 is 0 Å². The fourth-order valence-electron chi connectivity index (χ4n) is 1.88. The number of halogens is 2. The summed E-state index contributed by atoms with van der Waals surface area (Å²) in [5.74, 6) is 1.13. The lowest BCUT2D eigenvalue weighted by atomic mass is 10.2. The van der Waals surface area contributed by atoms with Crippen LogP contribution in [0.4, 0.5) is 15.9 Å². The van der Waals surface area contributed by atoms with Crippen LogP contribution in [0.2, 0.25) is 5.15 Å². The maximum Gasteiger partial charge on any atom is 0.138 e. The summed E-state index contributed by atoms with van der Waals surface area (Å²) in [7, 11) is 0. The van der Waals surface area contributed by atoms with E-state index in [0.29, 0.717) is 16.8 Å². The number of nitrogens with zero attached hydrogens (tertiary/aromatic N) is 2. The molecule has 0 aliphatic rings. The van der Waals surface area contributed by atoms with Gasteiger partial charge in [0.2, 0.25) is 0 Å². The number of rotatable bonds is 4. The van der Waals surface area contributed by atoms with Gasteiger partial charge in [-0.1, -0.05) is 18.5 Å². The van der Waals surface area contributed by atoms with E-state index in [2.05, 4.69) is 22.2 Å². The Balaban J connectivity index is 2.37. The lowest BCUT2D eigenvalue weighted by molar-refractivity contribution is 0.627. The minimum Gasteiger partial charge on any atom is -0.340 e. The van der Waals surface area contributed by atoms with Gasteiger partial charge in [-0.15, -0.1) is 0 Å². The predicted molar refractivity (Wildman–Crippen MR) is 80.2 cm³/mol. The number of nitrogens with one attached hydrogen (secondary N) is 1. The lowest BCUT2D eigenvalue weighted by Crippen LogP contribution is -2.04. The molecular weight excluding hydrogens is 277 g/mol. The summed E-state index contributed by atoms with van der Waals surface area (Å²) < 4.78 is 13.1. The molecule has 20 heavy (non-hydrogen) atoms. The highest BCUT2D eigenvalue weighted by Crippen LogP contribution is 2.25. The van der Waals surface area contributed by atoms with Gasteiger partial charge in [-0.25, -0.2) is 14.4 Å². The molecule has 0 radical (unpaired) electrons. The maximum absolute atomic E-state index is 13.1. The molecule has 1 aromatic heterocycles. The van der Waals surface area contributed by atoms with Crippen LogP contribution in [-0.4, -0.2) is 9.97 Å². The van der Waals surface area contributed by atoms with Gasteiger partial charge in [-0.2, -0.15) is 0 Å². The monoisotopic (exact) mass is 293 g/mol. The summed E-state index contributed by atoms with van der Waals surface area (Å²) in [6.07, 6.45) is 1.73. The quantitative estimate of drug-likeness (QED) is 0.838. The molecule has 2 rings (SSSR count). The molecule has 0 spiro atoms. The van der Waals surface area contributed by atoms with E-state index in [-0.39, 0.29) is 5.82 Å². The van der Waals surface area contributed by atoms with E-state index >= 15 is 0 Å². The Labute approximate surface area is 123 Å². The van der Waals surface area contributed by atoms with Crippen LogP contribution in [0.5, 0.6) is 0 Å². The number of aryl methyl sites for hydroxylation is 2. The van der Waals surface area contributed by atoms with Crippen molar-refractivity contribution in [1.29, 1.82) is 0 Å². The molecule has 0 unspecified atom stereocenters. The average molecular weight is 294 g/mol. The highest BCUT2D eigenvalue weighted by atomic mass is 35.5. The van der Waals surface area contributed by atoms with E-state index in [9.17, 15) is 4.39 Å². The zero-order valence-corrected chi connectivity index (χ0v) is 12.6. The highest BCUT2D eigenvalue weighted by Gasteiger charge is 2.10. The van der Waals surface area contributed by atoms with Crippen LogP contribution >= 0.6 is 11.6 Å². The Morgan fingerprint density at radius 3 is 2.65 bits per heavy atom. The molecule has 0 aliphatic carbocycles. The second-order valence-electron chi connectivity index (χ2n) is 4.74. The van der Waals surface area contributed by atoms with E-state index in [0.717, 1.165) is 29.7 Å². The molecule has 3 nitrogen and oxygen atoms in total. The zero-order valence-electron chi connectivity index (χ0n) is 11.8. The first-order valence-corrected chi connectivity index (χ1v) is 6.95. The minimum atomic E-state index is -0.253. The molecule has 1 N–H and O–H groups in total. The van der Waals surface area contributed by atoms with Crippen LogP contribution in [0, 0.1) is 19.7 Å². The molecule has 0 amide bonds. The van der Waals surface area contributed by atoms with Crippen molar-refractivity contribution in [3.05, 3.63) is 46.1 Å². The van der Waals surface area contributed by atoms with Gasteiger partial charge in [0.15, 0.2) is 0 Å². The van der Waals surface area contributed by atoms with E-state index < -0.39 is 0 Å². The zero-order chi connectivity index (χ0) is 14.7. The van der Waals surface area contributed by atoms with Crippen molar-refractivity contribution in [3.63, 3.8) is 0 Å². The van der Waals surface area contributed by atoms with Crippen molar-refractivity contribution in [3.8, 4) is 0 Å². The summed E-state index contributed by atoms with van der Waals surface area (Å²) in [5, 5.41) is 3.65. The maximum atomic E-state index is 13.1. The Morgan fingerprint density at radius 2 is 2.00 bits per heavy atom. The SMILES string of the molecule is CCCc1nc(Cl)c(C)c(Nc2ccc(F)cc2C)n1. The number of anilines is 2. The Hall–Kier alpha value is -1.68. The molecule has 1 heterocycles. The summed E-state index contributed by atoms with van der Waals surface area (Å²) in [6.45, 7) is 5.77. The van der Waals surface area contributed by atoms with Gasteiger partial charge in [-0.3, -0.25) is 0 Å². The largest absolute Gasteiger partial charge is 0.340 e. The molecule has 106 valence electrons. The van der Waals surface area contributed by atoms with E-state index in [1.54, 1.807) is 6.07 Å². The van der Waals surface area contributed by atoms with Crippen LogP contribution in [0.3, 0.4) is 0 Å².